The van der Waals surface area contributed by atoms with Gasteiger partial charge in [-0.1, -0.05) is 6.92 Å². The number of carbonyl (C=O) groups excluding carboxylic acids is 2. The van der Waals surface area contributed by atoms with E-state index in [2.05, 4.69) is 5.10 Å². The van der Waals surface area contributed by atoms with E-state index >= 15 is 0 Å². The molecule has 2 amide bonds. The molecule has 0 aliphatic carbocycles. The van der Waals surface area contributed by atoms with Crippen LogP contribution >= 0.6 is 0 Å². The van der Waals surface area contributed by atoms with Gasteiger partial charge in [-0.05, 0) is 63.4 Å². The van der Waals surface area contributed by atoms with Crippen LogP contribution in [0.25, 0.3) is 0 Å². The molecule has 1 aliphatic rings. The van der Waals surface area contributed by atoms with Crippen molar-refractivity contribution in [3.63, 3.8) is 0 Å². The molecule has 0 saturated carbocycles. The minimum absolute atomic E-state index is 0.116. The minimum atomic E-state index is -0.373. The van der Waals surface area contributed by atoms with Crippen LogP contribution < -0.4 is 9.80 Å². The van der Waals surface area contributed by atoms with Gasteiger partial charge >= 0.3 is 6.09 Å². The molecule has 3 rings (SSSR count). The summed E-state index contributed by atoms with van der Waals surface area (Å²) in [7, 11) is 1.77. The number of rotatable bonds is 3. The molecule has 28 heavy (non-hydrogen) atoms. The van der Waals surface area contributed by atoms with Crippen LogP contribution in [0.3, 0.4) is 0 Å². The number of aromatic nitrogens is 2. The molecule has 0 bridgehead atoms. The average molecular weight is 384 g/mol. The lowest BCUT2D eigenvalue weighted by molar-refractivity contribution is 0.0972. The standard InChI is InChI=1S/C21H28N4O3/c1-7-16-12-24(20(26)19-11-15(5)22-23(19)6)17-9-13(3)14(4)10-18(17)25(16)21(27)28-8-2/h9-11,16H,7-8,12H2,1-6H3. The molecular weight excluding hydrogens is 356 g/mol. The number of nitrogens with zero attached hydrogens (tertiary/aromatic N) is 4. The van der Waals surface area contributed by atoms with Crippen molar-refractivity contribution in [3.05, 3.63) is 40.7 Å². The van der Waals surface area contributed by atoms with Crippen LogP contribution in [0.1, 0.15) is 47.6 Å². The van der Waals surface area contributed by atoms with Crippen LogP contribution in [0.5, 0.6) is 0 Å². The maximum atomic E-state index is 13.4. The van der Waals surface area contributed by atoms with Gasteiger partial charge in [0.1, 0.15) is 5.69 Å². The first-order chi connectivity index (χ1) is 13.3. The summed E-state index contributed by atoms with van der Waals surface area (Å²) in [6, 6.07) is 5.58. The Morgan fingerprint density at radius 2 is 1.75 bits per heavy atom. The third-order valence-corrected chi connectivity index (χ3v) is 5.30. The van der Waals surface area contributed by atoms with Crippen molar-refractivity contribution in [2.75, 3.05) is 23.0 Å². The number of hydrogen-bond donors (Lipinski definition) is 0. The molecule has 7 nitrogen and oxygen atoms in total. The number of aryl methyl sites for hydroxylation is 4. The van der Waals surface area contributed by atoms with Gasteiger partial charge in [0.15, 0.2) is 0 Å². The van der Waals surface area contributed by atoms with Gasteiger partial charge in [0.25, 0.3) is 5.91 Å². The molecular formula is C21H28N4O3. The molecule has 7 heteroatoms. The quantitative estimate of drug-likeness (QED) is 0.808. The minimum Gasteiger partial charge on any atom is -0.449 e. The molecule has 1 atom stereocenters. The number of carbonyl (C=O) groups is 2. The topological polar surface area (TPSA) is 67.7 Å². The number of amides is 2. The number of fused-ring (bicyclic) bond motifs is 1. The fraction of sp³-hybridized carbons (Fsp3) is 0.476. The maximum absolute atomic E-state index is 13.4. The molecule has 1 aliphatic heterocycles. The van der Waals surface area contributed by atoms with Gasteiger partial charge in [0, 0.05) is 13.6 Å². The zero-order chi connectivity index (χ0) is 20.6. The van der Waals surface area contributed by atoms with E-state index in [0.29, 0.717) is 31.0 Å². The Balaban J connectivity index is 2.14. The van der Waals surface area contributed by atoms with Gasteiger partial charge in [-0.3, -0.25) is 14.4 Å². The fourth-order valence-corrected chi connectivity index (χ4v) is 3.68. The molecule has 1 aromatic carbocycles. The van der Waals surface area contributed by atoms with E-state index in [4.69, 9.17) is 4.74 Å². The largest absolute Gasteiger partial charge is 0.449 e. The first-order valence-corrected chi connectivity index (χ1v) is 9.68. The lowest BCUT2D eigenvalue weighted by atomic mass is 10.00. The Morgan fingerprint density at radius 3 is 2.29 bits per heavy atom. The summed E-state index contributed by atoms with van der Waals surface area (Å²) in [5, 5.41) is 4.31. The highest BCUT2D eigenvalue weighted by molar-refractivity contribution is 6.09. The summed E-state index contributed by atoms with van der Waals surface area (Å²) >= 11 is 0. The lowest BCUT2D eigenvalue weighted by Crippen LogP contribution is -2.53. The normalized spacial score (nSPS) is 16.1. The van der Waals surface area contributed by atoms with E-state index < -0.39 is 0 Å². The van der Waals surface area contributed by atoms with Gasteiger partial charge in [0.2, 0.25) is 0 Å². The molecule has 0 radical (unpaired) electrons. The summed E-state index contributed by atoms with van der Waals surface area (Å²) in [6.45, 7) is 10.4. The van der Waals surface area contributed by atoms with E-state index in [1.807, 2.05) is 39.8 Å². The molecule has 0 spiro atoms. The summed E-state index contributed by atoms with van der Waals surface area (Å²) in [5.74, 6) is -0.116. The Labute approximate surface area is 165 Å². The second-order valence-electron chi connectivity index (χ2n) is 7.27. The van der Waals surface area contributed by atoms with E-state index in [1.165, 1.54) is 0 Å². The Morgan fingerprint density at radius 1 is 1.11 bits per heavy atom. The predicted octanol–water partition coefficient (Wildman–Crippen LogP) is 3.75. The second kappa shape index (κ2) is 7.66. The van der Waals surface area contributed by atoms with Crippen molar-refractivity contribution in [2.45, 2.75) is 47.1 Å². The zero-order valence-corrected chi connectivity index (χ0v) is 17.4. The molecule has 2 heterocycles. The van der Waals surface area contributed by atoms with Crippen LogP contribution in [0.2, 0.25) is 0 Å². The van der Waals surface area contributed by atoms with Gasteiger partial charge in [-0.2, -0.15) is 5.10 Å². The van der Waals surface area contributed by atoms with E-state index in [9.17, 15) is 9.59 Å². The predicted molar refractivity (Wildman–Crippen MR) is 109 cm³/mol. The lowest BCUT2D eigenvalue weighted by Gasteiger charge is -2.42. The highest BCUT2D eigenvalue weighted by Crippen LogP contribution is 2.39. The third kappa shape index (κ3) is 3.37. The second-order valence-corrected chi connectivity index (χ2v) is 7.27. The van der Waals surface area contributed by atoms with E-state index in [1.54, 1.807) is 34.5 Å². The van der Waals surface area contributed by atoms with Crippen LogP contribution in [0, 0.1) is 20.8 Å². The molecule has 2 aromatic rings. The number of anilines is 2. The van der Waals surface area contributed by atoms with Crippen molar-refractivity contribution in [2.24, 2.45) is 7.05 Å². The van der Waals surface area contributed by atoms with Crippen LogP contribution in [-0.2, 0) is 11.8 Å². The zero-order valence-electron chi connectivity index (χ0n) is 17.4. The van der Waals surface area contributed by atoms with Crippen molar-refractivity contribution >= 4 is 23.4 Å². The van der Waals surface area contributed by atoms with Crippen molar-refractivity contribution in [3.8, 4) is 0 Å². The first-order valence-electron chi connectivity index (χ1n) is 9.68. The first kappa shape index (κ1) is 19.9. The highest BCUT2D eigenvalue weighted by atomic mass is 16.6. The molecule has 1 aromatic heterocycles. The van der Waals surface area contributed by atoms with Gasteiger partial charge in [-0.25, -0.2) is 4.79 Å². The Bertz CT molecular complexity index is 919. The third-order valence-electron chi connectivity index (χ3n) is 5.30. The summed E-state index contributed by atoms with van der Waals surface area (Å²) in [6.07, 6.45) is 0.335. The smallest absolute Gasteiger partial charge is 0.414 e. The monoisotopic (exact) mass is 384 g/mol. The summed E-state index contributed by atoms with van der Waals surface area (Å²) in [5.41, 5.74) is 4.89. The highest BCUT2D eigenvalue weighted by Gasteiger charge is 2.38. The van der Waals surface area contributed by atoms with Gasteiger partial charge < -0.3 is 9.64 Å². The molecule has 1 unspecified atom stereocenters. The molecule has 0 fully saturated rings. The number of ether oxygens (including phenoxy) is 1. The van der Waals surface area contributed by atoms with Crippen LogP contribution in [0.15, 0.2) is 18.2 Å². The van der Waals surface area contributed by atoms with Crippen molar-refractivity contribution < 1.29 is 14.3 Å². The molecule has 0 N–H and O–H groups in total. The number of hydrogen-bond acceptors (Lipinski definition) is 4. The number of benzene rings is 1. The SMILES string of the molecule is CCOC(=O)N1c2cc(C)c(C)cc2N(C(=O)c2cc(C)nn2C)CC1CC. The van der Waals surface area contributed by atoms with Crippen LogP contribution in [-0.4, -0.2) is 41.0 Å². The van der Waals surface area contributed by atoms with E-state index in [-0.39, 0.29) is 18.0 Å². The van der Waals surface area contributed by atoms with E-state index in [0.717, 1.165) is 22.5 Å². The molecule has 150 valence electrons. The fourth-order valence-electron chi connectivity index (χ4n) is 3.68. The molecule has 0 saturated heterocycles. The van der Waals surface area contributed by atoms with Crippen molar-refractivity contribution in [1.29, 1.82) is 0 Å². The van der Waals surface area contributed by atoms with Crippen molar-refractivity contribution in [1.82, 2.24) is 9.78 Å². The Hall–Kier alpha value is -2.83. The Kier molecular flexibility index (Phi) is 5.45. The maximum Gasteiger partial charge on any atom is 0.414 e. The summed E-state index contributed by atoms with van der Waals surface area (Å²) < 4.78 is 6.92. The van der Waals surface area contributed by atoms with Gasteiger partial charge in [0.05, 0.1) is 29.7 Å². The average Bonchev–Trinajstić information content (AvgIpc) is 2.99. The van der Waals surface area contributed by atoms with Gasteiger partial charge in [-0.15, -0.1) is 0 Å². The summed E-state index contributed by atoms with van der Waals surface area (Å²) in [4.78, 5) is 29.6. The van der Waals surface area contributed by atoms with Crippen LogP contribution in [0.4, 0.5) is 16.2 Å².